The number of aliphatic imine (C=N–C) groups is 1. The van der Waals surface area contributed by atoms with E-state index >= 15 is 0 Å². The van der Waals surface area contributed by atoms with Crippen molar-refractivity contribution in [2.75, 3.05) is 18.5 Å². The third-order valence-corrected chi connectivity index (χ3v) is 4.04. The third kappa shape index (κ3) is 3.73. The molecular formula is C19H18N6O3. The number of ether oxygens (including phenoxy) is 2. The van der Waals surface area contributed by atoms with E-state index in [1.807, 2.05) is 12.1 Å². The van der Waals surface area contributed by atoms with Crippen LogP contribution < -0.4 is 26.3 Å². The first-order valence-corrected chi connectivity index (χ1v) is 8.55. The second kappa shape index (κ2) is 7.31. The predicted octanol–water partition coefficient (Wildman–Crippen LogP) is 2.01. The van der Waals surface area contributed by atoms with Crippen LogP contribution in [-0.2, 0) is 0 Å². The van der Waals surface area contributed by atoms with Gasteiger partial charge < -0.3 is 26.3 Å². The molecule has 4 rings (SSSR count). The second-order valence-electron chi connectivity index (χ2n) is 6.06. The van der Waals surface area contributed by atoms with Crippen LogP contribution >= 0.6 is 0 Å². The van der Waals surface area contributed by atoms with Crippen molar-refractivity contribution in [2.24, 2.45) is 16.5 Å². The van der Waals surface area contributed by atoms with Gasteiger partial charge >= 0.3 is 0 Å². The summed E-state index contributed by atoms with van der Waals surface area (Å²) in [5, 5.41) is 9.75. The summed E-state index contributed by atoms with van der Waals surface area (Å²) in [5.74, 6) is 0.950. The van der Waals surface area contributed by atoms with E-state index in [4.69, 9.17) is 20.9 Å². The average Bonchev–Trinajstić information content (AvgIpc) is 3.18. The average molecular weight is 378 g/mol. The molecule has 0 radical (unpaired) electrons. The second-order valence-corrected chi connectivity index (χ2v) is 6.06. The highest BCUT2D eigenvalue weighted by atomic mass is 16.6. The van der Waals surface area contributed by atoms with Gasteiger partial charge in [-0.25, -0.2) is 4.99 Å². The third-order valence-electron chi connectivity index (χ3n) is 4.04. The van der Waals surface area contributed by atoms with E-state index in [1.54, 1.807) is 36.4 Å². The summed E-state index contributed by atoms with van der Waals surface area (Å²) in [7, 11) is 0. The van der Waals surface area contributed by atoms with Gasteiger partial charge in [-0.2, -0.15) is 5.10 Å². The van der Waals surface area contributed by atoms with E-state index in [9.17, 15) is 4.79 Å². The minimum Gasteiger partial charge on any atom is -0.486 e. The molecule has 0 aliphatic carbocycles. The van der Waals surface area contributed by atoms with Crippen molar-refractivity contribution in [3.63, 3.8) is 0 Å². The van der Waals surface area contributed by atoms with Gasteiger partial charge in [-0.15, -0.1) is 0 Å². The Morgan fingerprint density at radius 3 is 2.54 bits per heavy atom. The van der Waals surface area contributed by atoms with E-state index < -0.39 is 0 Å². The summed E-state index contributed by atoms with van der Waals surface area (Å²) in [5.41, 5.74) is 13.7. The van der Waals surface area contributed by atoms with Crippen molar-refractivity contribution in [2.45, 2.75) is 0 Å². The van der Waals surface area contributed by atoms with Gasteiger partial charge in [0.1, 0.15) is 18.9 Å². The summed E-state index contributed by atoms with van der Waals surface area (Å²) in [6.45, 7) is 0.999. The Hall–Kier alpha value is -4.01. The molecule has 0 spiro atoms. The molecule has 9 heteroatoms. The van der Waals surface area contributed by atoms with E-state index in [-0.39, 0.29) is 11.9 Å². The molecule has 28 heavy (non-hydrogen) atoms. The zero-order valence-electron chi connectivity index (χ0n) is 14.8. The number of amides is 1. The number of benzene rings is 2. The molecule has 0 bridgehead atoms. The van der Waals surface area contributed by atoms with Crippen LogP contribution in [0.2, 0.25) is 0 Å². The van der Waals surface area contributed by atoms with E-state index in [2.05, 4.69) is 20.5 Å². The molecule has 0 atom stereocenters. The van der Waals surface area contributed by atoms with Gasteiger partial charge in [0, 0.05) is 17.3 Å². The van der Waals surface area contributed by atoms with Crippen molar-refractivity contribution in [3.05, 3.63) is 54.2 Å². The van der Waals surface area contributed by atoms with Gasteiger partial charge in [-0.05, 0) is 30.3 Å². The smallest absolute Gasteiger partial charge is 0.273 e. The van der Waals surface area contributed by atoms with E-state index in [1.165, 1.54) is 0 Å². The fraction of sp³-hybridized carbons (Fsp3) is 0.105. The lowest BCUT2D eigenvalue weighted by molar-refractivity contribution is 0.102. The van der Waals surface area contributed by atoms with Gasteiger partial charge in [-0.1, -0.05) is 12.1 Å². The molecule has 3 aromatic rings. The van der Waals surface area contributed by atoms with Crippen molar-refractivity contribution in [1.29, 1.82) is 0 Å². The fourth-order valence-electron chi connectivity index (χ4n) is 2.76. The lowest BCUT2D eigenvalue weighted by atomic mass is 10.1. The number of aromatic nitrogens is 2. The Morgan fingerprint density at radius 2 is 1.79 bits per heavy atom. The number of carbonyl (C=O) groups excluding carboxylic acids is 1. The number of guanidine groups is 1. The normalized spacial score (nSPS) is 12.3. The number of nitrogens with one attached hydrogen (secondary N) is 2. The Labute approximate surface area is 160 Å². The Kier molecular flexibility index (Phi) is 4.55. The Morgan fingerprint density at radius 1 is 1.04 bits per heavy atom. The number of carbonyl (C=O) groups is 1. The fourth-order valence-corrected chi connectivity index (χ4v) is 2.76. The molecule has 6 N–H and O–H groups in total. The van der Waals surface area contributed by atoms with Gasteiger partial charge in [-0.3, -0.25) is 9.89 Å². The number of fused-ring (bicyclic) bond motifs is 1. The zero-order chi connectivity index (χ0) is 19.5. The van der Waals surface area contributed by atoms with Crippen LogP contribution in [0.3, 0.4) is 0 Å². The molecule has 1 amide bonds. The number of hydrogen-bond acceptors (Lipinski definition) is 5. The molecule has 2 aromatic carbocycles. The molecule has 9 nitrogen and oxygen atoms in total. The predicted molar refractivity (Wildman–Crippen MR) is 105 cm³/mol. The molecule has 1 aliphatic rings. The molecule has 0 saturated heterocycles. The van der Waals surface area contributed by atoms with Crippen LogP contribution in [0.25, 0.3) is 11.3 Å². The van der Waals surface area contributed by atoms with Gasteiger partial charge in [0.25, 0.3) is 5.91 Å². The van der Waals surface area contributed by atoms with Crippen LogP contribution in [0.5, 0.6) is 11.5 Å². The number of H-pyrrole nitrogens is 1. The highest BCUT2D eigenvalue weighted by molar-refractivity contribution is 6.03. The molecule has 2 heterocycles. The van der Waals surface area contributed by atoms with Gasteiger partial charge in [0.05, 0.1) is 11.4 Å². The maximum absolute atomic E-state index is 12.5. The topological polar surface area (TPSA) is 141 Å². The lowest BCUT2D eigenvalue weighted by Gasteiger charge is -2.18. The van der Waals surface area contributed by atoms with Crippen molar-refractivity contribution in [1.82, 2.24) is 10.2 Å². The molecule has 142 valence electrons. The quantitative estimate of drug-likeness (QED) is 0.404. The standard InChI is InChI=1S/C19H18N6O3/c20-19(21)23-12-3-1-11(2-4-12)14-10-15(25-24-14)18(26)22-13-5-6-16-17(9-13)28-8-7-27-16/h1-6,9-10H,7-8H2,(H,22,26)(H,24,25)(H4,20,21,23). The van der Waals surface area contributed by atoms with Crippen LogP contribution in [0.4, 0.5) is 11.4 Å². The van der Waals surface area contributed by atoms with Crippen LogP contribution in [0, 0.1) is 0 Å². The lowest BCUT2D eigenvalue weighted by Crippen LogP contribution is -2.21. The van der Waals surface area contributed by atoms with Crippen LogP contribution in [-0.4, -0.2) is 35.3 Å². The highest BCUT2D eigenvalue weighted by Crippen LogP contribution is 2.32. The van der Waals surface area contributed by atoms with Crippen molar-refractivity contribution in [3.8, 4) is 22.8 Å². The summed E-state index contributed by atoms with van der Waals surface area (Å²) in [4.78, 5) is 16.5. The monoisotopic (exact) mass is 378 g/mol. The maximum atomic E-state index is 12.5. The van der Waals surface area contributed by atoms with E-state index in [0.717, 1.165) is 5.56 Å². The largest absolute Gasteiger partial charge is 0.486 e. The highest BCUT2D eigenvalue weighted by Gasteiger charge is 2.15. The Bertz CT molecular complexity index is 1040. The number of nitrogens with two attached hydrogens (primary N) is 2. The van der Waals surface area contributed by atoms with E-state index in [0.29, 0.717) is 47.5 Å². The maximum Gasteiger partial charge on any atom is 0.273 e. The van der Waals surface area contributed by atoms with Crippen molar-refractivity contribution >= 4 is 23.2 Å². The summed E-state index contributed by atoms with van der Waals surface area (Å²) < 4.78 is 11.0. The Balaban J connectivity index is 1.48. The molecule has 0 saturated carbocycles. The summed E-state index contributed by atoms with van der Waals surface area (Å²) >= 11 is 0. The summed E-state index contributed by atoms with van der Waals surface area (Å²) in [6, 6.07) is 14.1. The molecule has 1 aliphatic heterocycles. The molecule has 0 unspecified atom stereocenters. The molecule has 0 fully saturated rings. The van der Waals surface area contributed by atoms with Crippen LogP contribution in [0.15, 0.2) is 53.5 Å². The van der Waals surface area contributed by atoms with Gasteiger partial charge in [0.2, 0.25) is 0 Å². The molecular weight excluding hydrogens is 360 g/mol. The number of nitrogens with zero attached hydrogens (tertiary/aromatic N) is 2. The van der Waals surface area contributed by atoms with Gasteiger partial charge in [0.15, 0.2) is 17.5 Å². The number of aromatic amines is 1. The number of hydrogen-bond donors (Lipinski definition) is 4. The first-order chi connectivity index (χ1) is 13.6. The van der Waals surface area contributed by atoms with Crippen molar-refractivity contribution < 1.29 is 14.3 Å². The number of rotatable bonds is 4. The SMILES string of the molecule is NC(N)=Nc1ccc(-c2cc(C(=O)Nc3ccc4c(c3)OCCO4)[nH]n2)cc1. The minimum absolute atomic E-state index is 0.00869. The van der Waals surface area contributed by atoms with Crippen LogP contribution in [0.1, 0.15) is 10.5 Å². The summed E-state index contributed by atoms with van der Waals surface area (Å²) in [6.07, 6.45) is 0. The first-order valence-electron chi connectivity index (χ1n) is 8.55. The number of anilines is 1. The molecule has 1 aromatic heterocycles. The zero-order valence-corrected chi connectivity index (χ0v) is 14.8. The first kappa shape index (κ1) is 17.4. The minimum atomic E-state index is -0.312.